The van der Waals surface area contributed by atoms with E-state index in [2.05, 4.69) is 17.6 Å². The lowest BCUT2D eigenvalue weighted by Crippen LogP contribution is -2.34. The molecular weight excluding hydrogens is 256 g/mol. The van der Waals surface area contributed by atoms with Gasteiger partial charge in [-0.15, -0.1) is 0 Å². The van der Waals surface area contributed by atoms with Crippen LogP contribution >= 0.6 is 11.8 Å². The van der Waals surface area contributed by atoms with Gasteiger partial charge in [-0.1, -0.05) is 6.92 Å². The summed E-state index contributed by atoms with van der Waals surface area (Å²) in [6.45, 7) is 5.10. The first-order valence-electron chi connectivity index (χ1n) is 6.94. The third kappa shape index (κ3) is 3.90. The zero-order chi connectivity index (χ0) is 13.7. The number of benzene rings is 1. The molecule has 2 rings (SSSR count). The van der Waals surface area contributed by atoms with E-state index in [0.29, 0.717) is 6.04 Å². The Morgan fingerprint density at radius 3 is 2.95 bits per heavy atom. The molecule has 19 heavy (non-hydrogen) atoms. The Hall–Kier alpha value is -1.16. The standard InChI is InChI=1S/C15H22N2OS/c1-3-7-16-12-4-5-14(11(2)9-12)15(18)17-13-6-8-19-10-13/h4-5,9,13,16H,3,6-8,10H2,1-2H3,(H,17,18). The summed E-state index contributed by atoms with van der Waals surface area (Å²) in [6.07, 6.45) is 2.19. The minimum atomic E-state index is 0.0621. The van der Waals surface area contributed by atoms with Gasteiger partial charge in [0.1, 0.15) is 0 Å². The van der Waals surface area contributed by atoms with Crippen LogP contribution in [0.15, 0.2) is 18.2 Å². The van der Waals surface area contributed by atoms with E-state index in [1.807, 2.05) is 36.9 Å². The van der Waals surface area contributed by atoms with Crippen LogP contribution in [0.4, 0.5) is 5.69 Å². The molecule has 0 saturated carbocycles. The molecule has 1 aliphatic heterocycles. The maximum atomic E-state index is 12.2. The van der Waals surface area contributed by atoms with Gasteiger partial charge in [-0.05, 0) is 49.3 Å². The lowest BCUT2D eigenvalue weighted by molar-refractivity contribution is 0.0940. The Kier molecular flexibility index (Phi) is 5.14. The molecule has 1 unspecified atom stereocenters. The predicted octanol–water partition coefficient (Wildman–Crippen LogP) is 3.05. The number of anilines is 1. The van der Waals surface area contributed by atoms with Gasteiger partial charge in [-0.2, -0.15) is 11.8 Å². The molecule has 0 radical (unpaired) electrons. The topological polar surface area (TPSA) is 41.1 Å². The summed E-state index contributed by atoms with van der Waals surface area (Å²) in [6, 6.07) is 6.30. The largest absolute Gasteiger partial charge is 0.385 e. The Morgan fingerprint density at radius 1 is 1.47 bits per heavy atom. The van der Waals surface area contributed by atoms with Crippen LogP contribution in [-0.4, -0.2) is 30.0 Å². The number of amides is 1. The molecule has 1 atom stereocenters. The van der Waals surface area contributed by atoms with Crippen molar-refractivity contribution in [3.8, 4) is 0 Å². The van der Waals surface area contributed by atoms with E-state index in [4.69, 9.17) is 0 Å². The molecule has 1 amide bonds. The first-order chi connectivity index (χ1) is 9.20. The third-order valence-corrected chi connectivity index (χ3v) is 4.48. The van der Waals surface area contributed by atoms with Gasteiger partial charge in [0, 0.05) is 29.6 Å². The number of aryl methyl sites for hydroxylation is 1. The lowest BCUT2D eigenvalue weighted by Gasteiger charge is -2.14. The number of hydrogen-bond acceptors (Lipinski definition) is 3. The van der Waals surface area contributed by atoms with Gasteiger partial charge in [0.25, 0.3) is 5.91 Å². The summed E-state index contributed by atoms with van der Waals surface area (Å²) >= 11 is 1.91. The number of rotatable bonds is 5. The molecule has 1 aromatic rings. The Labute approximate surface area is 119 Å². The van der Waals surface area contributed by atoms with Gasteiger partial charge in [-0.3, -0.25) is 4.79 Å². The SMILES string of the molecule is CCCNc1ccc(C(=O)NC2CCSC2)c(C)c1. The van der Waals surface area contributed by atoms with Crippen molar-refractivity contribution in [2.45, 2.75) is 32.7 Å². The second-order valence-electron chi connectivity index (χ2n) is 4.99. The highest BCUT2D eigenvalue weighted by Crippen LogP contribution is 2.19. The van der Waals surface area contributed by atoms with Crippen LogP contribution < -0.4 is 10.6 Å². The minimum absolute atomic E-state index is 0.0621. The molecule has 1 saturated heterocycles. The summed E-state index contributed by atoms with van der Waals surface area (Å²) in [4.78, 5) is 12.2. The van der Waals surface area contributed by atoms with Crippen LogP contribution in [0.3, 0.4) is 0 Å². The second kappa shape index (κ2) is 6.85. The van der Waals surface area contributed by atoms with Crippen molar-refractivity contribution in [1.82, 2.24) is 5.32 Å². The molecule has 4 heteroatoms. The number of hydrogen-bond donors (Lipinski definition) is 2. The van der Waals surface area contributed by atoms with Crippen LogP contribution in [0, 0.1) is 6.92 Å². The van der Waals surface area contributed by atoms with Crippen LogP contribution in [-0.2, 0) is 0 Å². The smallest absolute Gasteiger partial charge is 0.251 e. The Bertz CT molecular complexity index is 442. The highest BCUT2D eigenvalue weighted by molar-refractivity contribution is 7.99. The van der Waals surface area contributed by atoms with Gasteiger partial charge >= 0.3 is 0 Å². The minimum Gasteiger partial charge on any atom is -0.385 e. The lowest BCUT2D eigenvalue weighted by atomic mass is 10.1. The molecular formula is C15H22N2OS. The Balaban J connectivity index is 2.00. The summed E-state index contributed by atoms with van der Waals surface area (Å²) < 4.78 is 0. The van der Waals surface area contributed by atoms with Crippen LogP contribution in [0.2, 0.25) is 0 Å². The molecule has 1 fully saturated rings. The molecule has 1 aliphatic rings. The maximum Gasteiger partial charge on any atom is 0.251 e. The predicted molar refractivity (Wildman–Crippen MR) is 83.2 cm³/mol. The highest BCUT2D eigenvalue weighted by atomic mass is 32.2. The summed E-state index contributed by atoms with van der Waals surface area (Å²) in [7, 11) is 0. The zero-order valence-corrected chi connectivity index (χ0v) is 12.5. The highest BCUT2D eigenvalue weighted by Gasteiger charge is 2.19. The average Bonchev–Trinajstić information content (AvgIpc) is 2.89. The van der Waals surface area contributed by atoms with Crippen molar-refractivity contribution in [1.29, 1.82) is 0 Å². The molecule has 1 heterocycles. The second-order valence-corrected chi connectivity index (χ2v) is 6.14. The third-order valence-electron chi connectivity index (χ3n) is 3.32. The van der Waals surface area contributed by atoms with E-state index >= 15 is 0 Å². The van der Waals surface area contributed by atoms with Gasteiger partial charge in [0.15, 0.2) is 0 Å². The molecule has 1 aromatic carbocycles. The van der Waals surface area contributed by atoms with Gasteiger partial charge in [0.2, 0.25) is 0 Å². The van der Waals surface area contributed by atoms with E-state index in [0.717, 1.165) is 47.7 Å². The molecule has 2 N–H and O–H groups in total. The summed E-state index contributed by atoms with van der Waals surface area (Å²) in [5.74, 6) is 2.26. The normalized spacial score (nSPS) is 18.3. The zero-order valence-electron chi connectivity index (χ0n) is 11.7. The first kappa shape index (κ1) is 14.3. The van der Waals surface area contributed by atoms with Gasteiger partial charge < -0.3 is 10.6 Å². The van der Waals surface area contributed by atoms with Crippen molar-refractivity contribution in [3.63, 3.8) is 0 Å². The monoisotopic (exact) mass is 278 g/mol. The fourth-order valence-electron chi connectivity index (χ4n) is 2.21. The first-order valence-corrected chi connectivity index (χ1v) is 8.09. The molecule has 0 aliphatic carbocycles. The fourth-order valence-corrected chi connectivity index (χ4v) is 3.36. The van der Waals surface area contributed by atoms with Crippen molar-refractivity contribution in [2.24, 2.45) is 0 Å². The molecule has 104 valence electrons. The summed E-state index contributed by atoms with van der Waals surface area (Å²) in [5, 5.41) is 6.46. The number of carbonyl (C=O) groups excluding carboxylic acids is 1. The number of carbonyl (C=O) groups is 1. The average molecular weight is 278 g/mol. The van der Waals surface area contributed by atoms with Crippen molar-refractivity contribution < 1.29 is 4.79 Å². The molecule has 0 aromatic heterocycles. The number of thioether (sulfide) groups is 1. The number of nitrogens with one attached hydrogen (secondary N) is 2. The van der Waals surface area contributed by atoms with Crippen LogP contribution in [0.25, 0.3) is 0 Å². The summed E-state index contributed by atoms with van der Waals surface area (Å²) in [5.41, 5.74) is 2.91. The van der Waals surface area contributed by atoms with E-state index in [1.165, 1.54) is 0 Å². The van der Waals surface area contributed by atoms with E-state index in [9.17, 15) is 4.79 Å². The van der Waals surface area contributed by atoms with Gasteiger partial charge in [0.05, 0.1) is 0 Å². The molecule has 0 spiro atoms. The fraction of sp³-hybridized carbons (Fsp3) is 0.533. The maximum absolute atomic E-state index is 12.2. The van der Waals surface area contributed by atoms with E-state index in [-0.39, 0.29) is 5.91 Å². The Morgan fingerprint density at radius 2 is 2.32 bits per heavy atom. The molecule has 3 nitrogen and oxygen atoms in total. The van der Waals surface area contributed by atoms with Crippen molar-refractivity contribution >= 4 is 23.4 Å². The van der Waals surface area contributed by atoms with Crippen LogP contribution in [0.5, 0.6) is 0 Å². The quantitative estimate of drug-likeness (QED) is 0.870. The van der Waals surface area contributed by atoms with Crippen LogP contribution in [0.1, 0.15) is 35.7 Å². The van der Waals surface area contributed by atoms with Crippen molar-refractivity contribution in [2.75, 3.05) is 23.4 Å². The van der Waals surface area contributed by atoms with Crippen molar-refractivity contribution in [3.05, 3.63) is 29.3 Å². The van der Waals surface area contributed by atoms with E-state index in [1.54, 1.807) is 0 Å². The molecule has 0 bridgehead atoms. The van der Waals surface area contributed by atoms with Gasteiger partial charge in [-0.25, -0.2) is 0 Å². The van der Waals surface area contributed by atoms with E-state index < -0.39 is 0 Å².